The van der Waals surface area contributed by atoms with Gasteiger partial charge < -0.3 is 15.2 Å². The molecule has 0 spiro atoms. The zero-order valence-electron chi connectivity index (χ0n) is 15.7. The van der Waals surface area contributed by atoms with E-state index >= 15 is 0 Å². The standard InChI is InChI=1S/C19H29N7/c1-3-25-15-23-24-18(25)14-22-19(20-2)21-13-17(26-11-7-8-12-26)16-9-5-4-6-10-16/h4-6,9-10,15,17H,3,7-8,11-14H2,1-2H3,(H2,20,21,22). The Bertz CT molecular complexity index is 689. The first-order valence-electron chi connectivity index (χ1n) is 9.42. The third-order valence-electron chi connectivity index (χ3n) is 4.90. The molecule has 1 aliphatic heterocycles. The van der Waals surface area contributed by atoms with Gasteiger partial charge in [-0.25, -0.2) is 0 Å². The van der Waals surface area contributed by atoms with Crippen LogP contribution in [-0.4, -0.2) is 52.3 Å². The van der Waals surface area contributed by atoms with Crippen molar-refractivity contribution in [3.8, 4) is 0 Å². The van der Waals surface area contributed by atoms with Gasteiger partial charge in [0.05, 0.1) is 12.6 Å². The summed E-state index contributed by atoms with van der Waals surface area (Å²) in [5.74, 6) is 1.70. The molecule has 0 saturated carbocycles. The molecule has 2 N–H and O–H groups in total. The zero-order chi connectivity index (χ0) is 18.2. The maximum atomic E-state index is 4.35. The molecule has 3 rings (SSSR count). The van der Waals surface area contributed by atoms with Crippen LogP contribution in [0.1, 0.15) is 37.2 Å². The molecule has 1 unspecified atom stereocenters. The van der Waals surface area contributed by atoms with Crippen LogP contribution in [0.2, 0.25) is 0 Å². The van der Waals surface area contributed by atoms with Crippen molar-refractivity contribution >= 4 is 5.96 Å². The average Bonchev–Trinajstić information content (AvgIpc) is 3.37. The molecule has 1 aromatic carbocycles. The Balaban J connectivity index is 1.59. The smallest absolute Gasteiger partial charge is 0.191 e. The van der Waals surface area contributed by atoms with Gasteiger partial charge in [-0.2, -0.15) is 0 Å². The molecule has 140 valence electrons. The maximum Gasteiger partial charge on any atom is 0.191 e. The SMILES string of the molecule is CCn1cnnc1CNC(=NC)NCC(c1ccccc1)N1CCCC1. The predicted molar refractivity (Wildman–Crippen MR) is 104 cm³/mol. The Morgan fingerprint density at radius 3 is 2.65 bits per heavy atom. The van der Waals surface area contributed by atoms with Gasteiger partial charge in [-0.1, -0.05) is 30.3 Å². The molecule has 1 aromatic heterocycles. The van der Waals surface area contributed by atoms with E-state index in [9.17, 15) is 0 Å². The fourth-order valence-corrected chi connectivity index (χ4v) is 3.44. The van der Waals surface area contributed by atoms with Gasteiger partial charge in [0.25, 0.3) is 0 Å². The number of hydrogen-bond donors (Lipinski definition) is 2. The summed E-state index contributed by atoms with van der Waals surface area (Å²) in [5, 5.41) is 15.0. The van der Waals surface area contributed by atoms with Gasteiger partial charge in [-0.3, -0.25) is 9.89 Å². The van der Waals surface area contributed by atoms with Crippen LogP contribution in [0.5, 0.6) is 0 Å². The molecular formula is C19H29N7. The van der Waals surface area contributed by atoms with Gasteiger partial charge in [0.2, 0.25) is 0 Å². The summed E-state index contributed by atoms with van der Waals surface area (Å²) in [6.07, 6.45) is 4.32. The van der Waals surface area contributed by atoms with Crippen molar-refractivity contribution in [1.82, 2.24) is 30.3 Å². The predicted octanol–water partition coefficient (Wildman–Crippen LogP) is 1.80. The Kier molecular flexibility index (Phi) is 6.60. The van der Waals surface area contributed by atoms with E-state index in [0.717, 1.165) is 38.0 Å². The summed E-state index contributed by atoms with van der Waals surface area (Å²) in [6.45, 7) is 6.69. The van der Waals surface area contributed by atoms with Crippen molar-refractivity contribution in [2.24, 2.45) is 4.99 Å². The number of nitrogens with one attached hydrogen (secondary N) is 2. The average molecular weight is 355 g/mol. The molecular weight excluding hydrogens is 326 g/mol. The molecule has 2 aromatic rings. The van der Waals surface area contributed by atoms with Crippen LogP contribution in [0.3, 0.4) is 0 Å². The van der Waals surface area contributed by atoms with Crippen LogP contribution < -0.4 is 10.6 Å². The zero-order valence-corrected chi connectivity index (χ0v) is 15.7. The van der Waals surface area contributed by atoms with Crippen molar-refractivity contribution in [1.29, 1.82) is 0 Å². The minimum atomic E-state index is 0.358. The van der Waals surface area contributed by atoms with Crippen LogP contribution >= 0.6 is 0 Å². The lowest BCUT2D eigenvalue weighted by molar-refractivity contribution is 0.245. The number of guanidine groups is 1. The van der Waals surface area contributed by atoms with E-state index in [4.69, 9.17) is 0 Å². The van der Waals surface area contributed by atoms with Crippen molar-refractivity contribution in [3.63, 3.8) is 0 Å². The maximum absolute atomic E-state index is 4.35. The summed E-state index contributed by atoms with van der Waals surface area (Å²) in [6, 6.07) is 11.1. The van der Waals surface area contributed by atoms with Crippen LogP contribution in [0.15, 0.2) is 41.7 Å². The van der Waals surface area contributed by atoms with E-state index in [0.29, 0.717) is 12.6 Å². The number of nitrogens with zero attached hydrogens (tertiary/aromatic N) is 5. The molecule has 7 nitrogen and oxygen atoms in total. The van der Waals surface area contributed by atoms with Gasteiger partial charge in [0.1, 0.15) is 6.33 Å². The number of likely N-dealkylation sites (tertiary alicyclic amines) is 1. The molecule has 1 saturated heterocycles. The second-order valence-electron chi connectivity index (χ2n) is 6.51. The van der Waals surface area contributed by atoms with Crippen molar-refractivity contribution < 1.29 is 0 Å². The first-order chi connectivity index (χ1) is 12.8. The van der Waals surface area contributed by atoms with Gasteiger partial charge in [0, 0.05) is 20.1 Å². The lowest BCUT2D eigenvalue weighted by atomic mass is 10.1. The van der Waals surface area contributed by atoms with E-state index in [2.05, 4.69) is 68.0 Å². The van der Waals surface area contributed by atoms with Crippen LogP contribution in [0, 0.1) is 0 Å². The minimum Gasteiger partial charge on any atom is -0.354 e. The van der Waals surface area contributed by atoms with E-state index in [1.54, 1.807) is 13.4 Å². The van der Waals surface area contributed by atoms with Gasteiger partial charge in [0.15, 0.2) is 11.8 Å². The Morgan fingerprint density at radius 2 is 1.96 bits per heavy atom. The van der Waals surface area contributed by atoms with Crippen molar-refractivity contribution in [2.75, 3.05) is 26.7 Å². The number of rotatable bonds is 7. The Hall–Kier alpha value is -2.41. The largest absolute Gasteiger partial charge is 0.354 e. The monoisotopic (exact) mass is 355 g/mol. The third kappa shape index (κ3) is 4.60. The lowest BCUT2D eigenvalue weighted by Gasteiger charge is -2.28. The second-order valence-corrected chi connectivity index (χ2v) is 6.51. The van der Waals surface area contributed by atoms with E-state index in [-0.39, 0.29) is 0 Å². The number of benzene rings is 1. The van der Waals surface area contributed by atoms with Gasteiger partial charge in [-0.15, -0.1) is 10.2 Å². The van der Waals surface area contributed by atoms with Gasteiger partial charge in [-0.05, 0) is 38.4 Å². The first-order valence-corrected chi connectivity index (χ1v) is 9.42. The number of hydrogen-bond acceptors (Lipinski definition) is 4. The summed E-state index contributed by atoms with van der Waals surface area (Å²) < 4.78 is 2.03. The third-order valence-corrected chi connectivity index (χ3v) is 4.90. The Labute approximate surface area is 155 Å². The lowest BCUT2D eigenvalue weighted by Crippen LogP contribution is -2.42. The number of aryl methyl sites for hydroxylation is 1. The summed E-state index contributed by atoms with van der Waals surface area (Å²) in [4.78, 5) is 6.91. The highest BCUT2D eigenvalue weighted by Gasteiger charge is 2.23. The molecule has 0 bridgehead atoms. The van der Waals surface area contributed by atoms with Crippen molar-refractivity contribution in [2.45, 2.75) is 38.9 Å². The molecule has 1 atom stereocenters. The van der Waals surface area contributed by atoms with E-state index < -0.39 is 0 Å². The summed E-state index contributed by atoms with van der Waals surface area (Å²) in [5.41, 5.74) is 1.35. The quantitative estimate of drug-likeness (QED) is 0.585. The molecule has 7 heteroatoms. The summed E-state index contributed by atoms with van der Waals surface area (Å²) >= 11 is 0. The highest BCUT2D eigenvalue weighted by atomic mass is 15.3. The van der Waals surface area contributed by atoms with Crippen LogP contribution in [-0.2, 0) is 13.1 Å². The first kappa shape index (κ1) is 18.4. The summed E-state index contributed by atoms with van der Waals surface area (Å²) in [7, 11) is 1.80. The highest BCUT2D eigenvalue weighted by molar-refractivity contribution is 5.79. The molecule has 0 radical (unpaired) electrons. The van der Waals surface area contributed by atoms with Crippen molar-refractivity contribution in [3.05, 3.63) is 48.0 Å². The number of aromatic nitrogens is 3. The highest BCUT2D eigenvalue weighted by Crippen LogP contribution is 2.24. The molecule has 2 heterocycles. The topological polar surface area (TPSA) is 70.4 Å². The normalized spacial score (nSPS) is 16.6. The minimum absolute atomic E-state index is 0.358. The Morgan fingerprint density at radius 1 is 1.19 bits per heavy atom. The van der Waals surface area contributed by atoms with Gasteiger partial charge >= 0.3 is 0 Å². The van der Waals surface area contributed by atoms with E-state index in [1.165, 1.54) is 18.4 Å². The van der Waals surface area contributed by atoms with Crippen LogP contribution in [0.4, 0.5) is 0 Å². The second kappa shape index (κ2) is 9.33. The fourth-order valence-electron chi connectivity index (χ4n) is 3.44. The molecule has 1 aliphatic rings. The molecule has 0 aliphatic carbocycles. The molecule has 1 fully saturated rings. The van der Waals surface area contributed by atoms with Crippen LogP contribution in [0.25, 0.3) is 0 Å². The molecule has 0 amide bonds. The fraction of sp³-hybridized carbons (Fsp3) is 0.526. The van der Waals surface area contributed by atoms with E-state index in [1.807, 2.05) is 4.57 Å². The number of aliphatic imine (C=N–C) groups is 1. The molecule has 26 heavy (non-hydrogen) atoms.